The summed E-state index contributed by atoms with van der Waals surface area (Å²) in [5.41, 5.74) is 1.35. The Morgan fingerprint density at radius 2 is 1.97 bits per heavy atom. The molecule has 3 heterocycles. The number of rotatable bonds is 10. The van der Waals surface area contributed by atoms with E-state index in [2.05, 4.69) is 4.98 Å². The van der Waals surface area contributed by atoms with Crippen molar-refractivity contribution in [2.24, 2.45) is 5.92 Å². The van der Waals surface area contributed by atoms with Crippen molar-refractivity contribution in [1.29, 1.82) is 0 Å². The first-order valence-electron chi connectivity index (χ1n) is 11.6. The van der Waals surface area contributed by atoms with Crippen molar-refractivity contribution in [3.63, 3.8) is 0 Å². The number of benzene rings is 1. The third kappa shape index (κ3) is 5.77. The molecular weight excluding hydrogens is 454 g/mol. The van der Waals surface area contributed by atoms with Gasteiger partial charge in [-0.05, 0) is 30.5 Å². The van der Waals surface area contributed by atoms with Crippen LogP contribution in [0.3, 0.4) is 0 Å². The molecule has 0 spiro atoms. The first-order chi connectivity index (χ1) is 16.3. The Kier molecular flexibility index (Phi) is 7.53. The zero-order valence-electron chi connectivity index (χ0n) is 19.6. The summed E-state index contributed by atoms with van der Waals surface area (Å²) in [5.74, 6) is 0.258. The second kappa shape index (κ2) is 10.6. The summed E-state index contributed by atoms with van der Waals surface area (Å²) in [6.07, 6.45) is 4.85. The summed E-state index contributed by atoms with van der Waals surface area (Å²) in [6.45, 7) is 5.24. The molecule has 1 saturated heterocycles. The van der Waals surface area contributed by atoms with Crippen LogP contribution in [0.15, 0.2) is 64.5 Å². The van der Waals surface area contributed by atoms with Crippen molar-refractivity contribution >= 4 is 15.7 Å². The largest absolute Gasteiger partial charge is 0.467 e. The summed E-state index contributed by atoms with van der Waals surface area (Å²) in [5, 5.41) is 0.0109. The predicted molar refractivity (Wildman–Crippen MR) is 126 cm³/mol. The number of carbonyl (C=O) groups is 1. The quantitative estimate of drug-likeness (QED) is 0.433. The summed E-state index contributed by atoms with van der Waals surface area (Å²) in [6, 6.07) is 12.7. The summed E-state index contributed by atoms with van der Waals surface area (Å²) < 4.78 is 39.7. The SMILES string of the molecule is CC(C)C(=O)N(Cc1ccco1)Cc1cnc(S(=O)(=O)Cc2ccccc2)n1CC1CCCO1. The van der Waals surface area contributed by atoms with Crippen LogP contribution in [0.25, 0.3) is 0 Å². The Balaban J connectivity index is 1.66. The number of aromatic nitrogens is 2. The summed E-state index contributed by atoms with van der Waals surface area (Å²) in [4.78, 5) is 19.0. The lowest BCUT2D eigenvalue weighted by molar-refractivity contribution is -0.136. The van der Waals surface area contributed by atoms with Crippen molar-refractivity contribution < 1.29 is 22.4 Å². The van der Waals surface area contributed by atoms with Crippen molar-refractivity contribution in [3.8, 4) is 0 Å². The normalized spacial score (nSPS) is 16.3. The molecule has 9 heteroatoms. The monoisotopic (exact) mass is 485 g/mol. The second-order valence-corrected chi connectivity index (χ2v) is 10.8. The van der Waals surface area contributed by atoms with Crippen LogP contribution in [0, 0.1) is 5.92 Å². The van der Waals surface area contributed by atoms with Crippen LogP contribution < -0.4 is 0 Å². The van der Waals surface area contributed by atoms with Gasteiger partial charge in [0, 0.05) is 12.5 Å². The van der Waals surface area contributed by atoms with Gasteiger partial charge in [0.2, 0.25) is 20.9 Å². The summed E-state index contributed by atoms with van der Waals surface area (Å²) in [7, 11) is -3.71. The maximum absolute atomic E-state index is 13.4. The van der Waals surface area contributed by atoms with Gasteiger partial charge in [0.05, 0.1) is 49.6 Å². The van der Waals surface area contributed by atoms with E-state index in [0.29, 0.717) is 36.7 Å². The highest BCUT2D eigenvalue weighted by Crippen LogP contribution is 2.23. The molecule has 0 N–H and O–H groups in total. The van der Waals surface area contributed by atoms with Crippen LogP contribution in [0.4, 0.5) is 0 Å². The van der Waals surface area contributed by atoms with Crippen LogP contribution in [0.1, 0.15) is 43.7 Å². The molecule has 3 aromatic rings. The van der Waals surface area contributed by atoms with Crippen molar-refractivity contribution in [2.45, 2.75) is 63.3 Å². The number of furan rings is 1. The first-order valence-corrected chi connectivity index (χ1v) is 13.2. The number of hydrogen-bond donors (Lipinski definition) is 0. The van der Waals surface area contributed by atoms with Gasteiger partial charge in [-0.15, -0.1) is 0 Å². The Hall–Kier alpha value is -2.91. The fraction of sp³-hybridized carbons (Fsp3) is 0.440. The lowest BCUT2D eigenvalue weighted by Crippen LogP contribution is -2.34. The molecule has 1 atom stereocenters. The number of nitrogens with zero attached hydrogens (tertiary/aromatic N) is 3. The fourth-order valence-corrected chi connectivity index (χ4v) is 5.68. The van der Waals surface area contributed by atoms with E-state index in [-0.39, 0.29) is 35.4 Å². The number of amides is 1. The molecule has 1 amide bonds. The molecule has 1 fully saturated rings. The van der Waals surface area contributed by atoms with Gasteiger partial charge in [-0.3, -0.25) is 4.79 Å². The Morgan fingerprint density at radius 3 is 2.62 bits per heavy atom. The molecule has 8 nitrogen and oxygen atoms in total. The first kappa shape index (κ1) is 24.2. The minimum absolute atomic E-state index is 0.0109. The van der Waals surface area contributed by atoms with E-state index in [1.807, 2.05) is 38.1 Å². The highest BCUT2D eigenvalue weighted by atomic mass is 32.2. The standard InChI is InChI=1S/C25H31N3O5S/c1-19(2)24(29)27(16-22-10-6-12-32-22)15-21-14-26-25(28(21)17-23-11-7-13-33-23)34(30,31)18-20-8-4-3-5-9-20/h3-6,8-10,12,14,19,23H,7,11,13,15-18H2,1-2H3. The topological polar surface area (TPSA) is 94.6 Å². The van der Waals surface area contributed by atoms with Crippen LogP contribution in [-0.4, -0.2) is 41.5 Å². The third-order valence-electron chi connectivity index (χ3n) is 5.87. The van der Waals surface area contributed by atoms with Crippen molar-refractivity contribution in [1.82, 2.24) is 14.5 Å². The average molecular weight is 486 g/mol. The van der Waals surface area contributed by atoms with Gasteiger partial charge in [0.15, 0.2) is 0 Å². The van der Waals surface area contributed by atoms with Gasteiger partial charge < -0.3 is 18.6 Å². The molecule has 0 aliphatic carbocycles. The molecule has 182 valence electrons. The molecule has 0 bridgehead atoms. The molecular formula is C25H31N3O5S. The number of ether oxygens (including phenoxy) is 1. The molecule has 1 aliphatic rings. The van der Waals surface area contributed by atoms with Crippen LogP contribution in [0.2, 0.25) is 0 Å². The molecule has 1 aliphatic heterocycles. The fourth-order valence-electron chi connectivity index (χ4n) is 4.17. The van der Waals surface area contributed by atoms with E-state index in [1.54, 1.807) is 40.1 Å². The van der Waals surface area contributed by atoms with Crippen molar-refractivity contribution in [3.05, 3.63) is 71.9 Å². The van der Waals surface area contributed by atoms with Gasteiger partial charge in [-0.25, -0.2) is 13.4 Å². The van der Waals surface area contributed by atoms with E-state index in [4.69, 9.17) is 9.15 Å². The Morgan fingerprint density at radius 1 is 1.18 bits per heavy atom. The maximum atomic E-state index is 13.4. The highest BCUT2D eigenvalue weighted by Gasteiger charge is 2.29. The zero-order chi connectivity index (χ0) is 24.1. The van der Waals surface area contributed by atoms with E-state index in [1.165, 1.54) is 0 Å². The zero-order valence-corrected chi connectivity index (χ0v) is 20.4. The Bertz CT molecular complexity index is 1180. The van der Waals surface area contributed by atoms with Crippen molar-refractivity contribution in [2.75, 3.05) is 6.61 Å². The van der Waals surface area contributed by atoms with E-state index in [9.17, 15) is 13.2 Å². The van der Waals surface area contributed by atoms with Gasteiger partial charge in [0.25, 0.3) is 0 Å². The van der Waals surface area contributed by atoms with Gasteiger partial charge in [-0.2, -0.15) is 0 Å². The molecule has 0 saturated carbocycles. The molecule has 0 radical (unpaired) electrons. The minimum atomic E-state index is -3.71. The lowest BCUT2D eigenvalue weighted by Gasteiger charge is -2.25. The minimum Gasteiger partial charge on any atom is -0.467 e. The number of sulfone groups is 1. The Labute approximate surface area is 200 Å². The average Bonchev–Trinajstić information content (AvgIpc) is 3.57. The molecule has 1 aromatic carbocycles. The van der Waals surface area contributed by atoms with E-state index < -0.39 is 9.84 Å². The van der Waals surface area contributed by atoms with Gasteiger partial charge in [-0.1, -0.05) is 44.2 Å². The van der Waals surface area contributed by atoms with Crippen LogP contribution in [-0.2, 0) is 44.8 Å². The highest BCUT2D eigenvalue weighted by molar-refractivity contribution is 7.90. The molecule has 1 unspecified atom stereocenters. The van der Waals surface area contributed by atoms with Crippen LogP contribution in [0.5, 0.6) is 0 Å². The van der Waals surface area contributed by atoms with Crippen LogP contribution >= 0.6 is 0 Å². The van der Waals surface area contributed by atoms with Gasteiger partial charge >= 0.3 is 0 Å². The molecule has 2 aromatic heterocycles. The predicted octanol–water partition coefficient (Wildman–Crippen LogP) is 3.81. The number of imidazole rings is 1. The van der Waals surface area contributed by atoms with Gasteiger partial charge in [0.1, 0.15) is 5.76 Å². The molecule has 34 heavy (non-hydrogen) atoms. The summed E-state index contributed by atoms with van der Waals surface area (Å²) >= 11 is 0. The number of hydrogen-bond acceptors (Lipinski definition) is 6. The van der Waals surface area contributed by atoms with E-state index >= 15 is 0 Å². The smallest absolute Gasteiger partial charge is 0.228 e. The lowest BCUT2D eigenvalue weighted by atomic mass is 10.1. The number of carbonyl (C=O) groups excluding carboxylic acids is 1. The molecule has 4 rings (SSSR count). The van der Waals surface area contributed by atoms with E-state index in [0.717, 1.165) is 12.8 Å². The third-order valence-corrected chi connectivity index (χ3v) is 7.47. The maximum Gasteiger partial charge on any atom is 0.228 e. The second-order valence-electron chi connectivity index (χ2n) is 8.95.